The van der Waals surface area contributed by atoms with E-state index in [4.69, 9.17) is 17.3 Å². The van der Waals surface area contributed by atoms with Gasteiger partial charge in [0.05, 0.1) is 11.2 Å². The zero-order valence-corrected chi connectivity index (χ0v) is 10.1. The summed E-state index contributed by atoms with van der Waals surface area (Å²) in [6.45, 7) is 0. The van der Waals surface area contributed by atoms with Gasteiger partial charge in [0.15, 0.2) is 10.9 Å². The molecule has 0 aliphatic heterocycles. The molecular weight excluding hydrogens is 263 g/mol. The smallest absolute Gasteiger partial charge is 0.168 e. The van der Waals surface area contributed by atoms with E-state index in [1.807, 2.05) is 0 Å². The van der Waals surface area contributed by atoms with Gasteiger partial charge in [-0.2, -0.15) is 5.10 Å². The van der Waals surface area contributed by atoms with E-state index in [0.29, 0.717) is 16.4 Å². The Morgan fingerprint density at radius 3 is 2.82 bits per heavy atom. The fraction of sp³-hybridized carbons (Fsp3) is 0. The lowest BCUT2D eigenvalue weighted by Crippen LogP contribution is -2.19. The number of hydrogen-bond donors (Lipinski definition) is 2. The Balaban J connectivity index is 2.34. The third-order valence-electron chi connectivity index (χ3n) is 2.01. The van der Waals surface area contributed by atoms with Crippen molar-refractivity contribution in [3.05, 3.63) is 41.4 Å². The molecule has 0 aliphatic rings. The van der Waals surface area contributed by atoms with Gasteiger partial charge in [-0.05, 0) is 30.4 Å². The SMILES string of the molecule is NC(=S)Nc1ccc(-n2cc(Cl)cn2)c(F)c1. The van der Waals surface area contributed by atoms with Crippen LogP contribution in [0, 0.1) is 5.82 Å². The number of rotatable bonds is 2. The number of hydrogen-bond acceptors (Lipinski definition) is 2. The summed E-state index contributed by atoms with van der Waals surface area (Å²) in [6.07, 6.45) is 2.95. The van der Waals surface area contributed by atoms with Crippen LogP contribution in [0.15, 0.2) is 30.6 Å². The summed E-state index contributed by atoms with van der Waals surface area (Å²) in [7, 11) is 0. The lowest BCUT2D eigenvalue weighted by atomic mass is 10.2. The largest absolute Gasteiger partial charge is 0.376 e. The first-order chi connectivity index (χ1) is 8.06. The lowest BCUT2D eigenvalue weighted by molar-refractivity contribution is 0.611. The van der Waals surface area contributed by atoms with Crippen LogP contribution in [-0.4, -0.2) is 14.9 Å². The molecular formula is C10H8ClFN4S. The van der Waals surface area contributed by atoms with Crippen molar-refractivity contribution in [3.8, 4) is 5.69 Å². The second-order valence-corrected chi connectivity index (χ2v) is 4.13. The van der Waals surface area contributed by atoms with Crippen molar-refractivity contribution in [3.63, 3.8) is 0 Å². The number of nitrogens with two attached hydrogens (primary N) is 1. The number of halogens is 2. The molecule has 0 saturated heterocycles. The second-order valence-electron chi connectivity index (χ2n) is 3.26. The molecule has 0 amide bonds. The van der Waals surface area contributed by atoms with E-state index in [9.17, 15) is 4.39 Å². The van der Waals surface area contributed by atoms with Crippen molar-refractivity contribution in [2.75, 3.05) is 5.32 Å². The van der Waals surface area contributed by atoms with E-state index in [-0.39, 0.29) is 5.11 Å². The van der Waals surface area contributed by atoms with Gasteiger partial charge in [0, 0.05) is 11.9 Å². The molecule has 2 rings (SSSR count). The summed E-state index contributed by atoms with van der Waals surface area (Å²) < 4.78 is 15.1. The van der Waals surface area contributed by atoms with E-state index in [1.54, 1.807) is 12.1 Å². The Bertz CT molecular complexity index is 569. The zero-order valence-electron chi connectivity index (χ0n) is 8.52. The Labute approximate surface area is 107 Å². The van der Waals surface area contributed by atoms with E-state index in [0.717, 1.165) is 0 Å². The van der Waals surface area contributed by atoms with Crippen LogP contribution in [0.5, 0.6) is 0 Å². The first kappa shape index (κ1) is 11.8. The number of thiocarbonyl (C=S) groups is 1. The minimum Gasteiger partial charge on any atom is -0.376 e. The van der Waals surface area contributed by atoms with Gasteiger partial charge in [0.2, 0.25) is 0 Å². The summed E-state index contributed by atoms with van der Waals surface area (Å²) in [5.74, 6) is -0.453. The average molecular weight is 271 g/mol. The van der Waals surface area contributed by atoms with E-state index >= 15 is 0 Å². The molecule has 0 spiro atoms. The Morgan fingerprint density at radius 1 is 1.53 bits per heavy atom. The number of benzene rings is 1. The summed E-state index contributed by atoms with van der Waals surface area (Å²) in [6, 6.07) is 4.48. The highest BCUT2D eigenvalue weighted by molar-refractivity contribution is 7.80. The molecule has 0 fully saturated rings. The average Bonchev–Trinajstić information content (AvgIpc) is 2.64. The Kier molecular flexibility index (Phi) is 3.26. The minimum atomic E-state index is -0.453. The van der Waals surface area contributed by atoms with E-state index in [1.165, 1.54) is 23.1 Å². The van der Waals surface area contributed by atoms with Crippen molar-refractivity contribution < 1.29 is 4.39 Å². The highest BCUT2D eigenvalue weighted by Crippen LogP contribution is 2.19. The standard InChI is InChI=1S/C10H8ClFN4S/c11-6-4-14-16(5-6)9-2-1-7(3-8(9)12)15-10(13)17/h1-5H,(H3,13,15,17). The van der Waals surface area contributed by atoms with Crippen LogP contribution in [-0.2, 0) is 0 Å². The summed E-state index contributed by atoms with van der Waals surface area (Å²) in [5, 5.41) is 7.08. The monoisotopic (exact) mass is 270 g/mol. The van der Waals surface area contributed by atoms with Crippen molar-refractivity contribution in [1.29, 1.82) is 0 Å². The van der Waals surface area contributed by atoms with Gasteiger partial charge < -0.3 is 11.1 Å². The van der Waals surface area contributed by atoms with Crippen molar-refractivity contribution in [2.24, 2.45) is 5.73 Å². The van der Waals surface area contributed by atoms with Gasteiger partial charge >= 0.3 is 0 Å². The van der Waals surface area contributed by atoms with Gasteiger partial charge in [-0.25, -0.2) is 9.07 Å². The molecule has 1 heterocycles. The van der Waals surface area contributed by atoms with Crippen LogP contribution in [0.3, 0.4) is 0 Å². The predicted octanol–water partition coefficient (Wildman–Crippen LogP) is 2.32. The highest BCUT2D eigenvalue weighted by Gasteiger charge is 2.07. The first-order valence-electron chi connectivity index (χ1n) is 4.63. The third-order valence-corrected chi connectivity index (χ3v) is 2.31. The maximum Gasteiger partial charge on any atom is 0.168 e. The summed E-state index contributed by atoms with van der Waals surface area (Å²) >= 11 is 10.4. The molecule has 2 aromatic rings. The second kappa shape index (κ2) is 4.68. The number of nitrogens with zero attached hydrogens (tertiary/aromatic N) is 2. The van der Waals surface area contributed by atoms with Crippen LogP contribution < -0.4 is 11.1 Å². The normalized spacial score (nSPS) is 10.2. The van der Waals surface area contributed by atoms with E-state index < -0.39 is 5.82 Å². The van der Waals surface area contributed by atoms with Crippen LogP contribution in [0.2, 0.25) is 5.02 Å². The minimum absolute atomic E-state index is 0.0827. The molecule has 0 saturated carbocycles. The Morgan fingerprint density at radius 2 is 2.29 bits per heavy atom. The molecule has 7 heteroatoms. The van der Waals surface area contributed by atoms with E-state index in [2.05, 4.69) is 22.6 Å². The van der Waals surface area contributed by atoms with Crippen molar-refractivity contribution >= 4 is 34.6 Å². The fourth-order valence-corrected chi connectivity index (χ4v) is 1.60. The van der Waals surface area contributed by atoms with Gasteiger partial charge in [-0.1, -0.05) is 11.6 Å². The van der Waals surface area contributed by atoms with Gasteiger partial charge in [-0.15, -0.1) is 0 Å². The predicted molar refractivity (Wildman–Crippen MR) is 68.9 cm³/mol. The molecule has 0 bridgehead atoms. The maximum absolute atomic E-state index is 13.8. The topological polar surface area (TPSA) is 55.9 Å². The molecule has 4 nitrogen and oxygen atoms in total. The van der Waals surface area contributed by atoms with Gasteiger partial charge in [-0.3, -0.25) is 0 Å². The molecule has 3 N–H and O–H groups in total. The molecule has 17 heavy (non-hydrogen) atoms. The maximum atomic E-state index is 13.8. The van der Waals surface area contributed by atoms with Crippen LogP contribution in [0.1, 0.15) is 0 Å². The molecule has 1 aromatic heterocycles. The zero-order chi connectivity index (χ0) is 12.4. The number of aromatic nitrogens is 2. The quantitative estimate of drug-likeness (QED) is 0.823. The molecule has 0 aliphatic carbocycles. The fourth-order valence-electron chi connectivity index (χ4n) is 1.35. The van der Waals surface area contributed by atoms with Gasteiger partial charge in [0.25, 0.3) is 0 Å². The van der Waals surface area contributed by atoms with Gasteiger partial charge in [0.1, 0.15) is 5.69 Å². The molecule has 0 atom stereocenters. The van der Waals surface area contributed by atoms with Crippen LogP contribution in [0.4, 0.5) is 10.1 Å². The van der Waals surface area contributed by atoms with Crippen LogP contribution in [0.25, 0.3) is 5.69 Å². The first-order valence-corrected chi connectivity index (χ1v) is 5.41. The van der Waals surface area contributed by atoms with Crippen molar-refractivity contribution in [2.45, 2.75) is 0 Å². The lowest BCUT2D eigenvalue weighted by Gasteiger charge is -2.07. The third kappa shape index (κ3) is 2.72. The highest BCUT2D eigenvalue weighted by atomic mass is 35.5. The summed E-state index contributed by atoms with van der Waals surface area (Å²) in [5.41, 5.74) is 6.07. The van der Waals surface area contributed by atoms with Crippen LogP contribution >= 0.6 is 23.8 Å². The molecule has 0 radical (unpaired) electrons. The number of anilines is 1. The molecule has 0 unspecified atom stereocenters. The van der Waals surface area contributed by atoms with Crippen molar-refractivity contribution in [1.82, 2.24) is 9.78 Å². The summed E-state index contributed by atoms with van der Waals surface area (Å²) in [4.78, 5) is 0. The Hall–Kier alpha value is -1.66. The molecule has 88 valence electrons. The molecule has 1 aromatic carbocycles. The number of nitrogens with one attached hydrogen (secondary N) is 1.